The number of anilines is 2. The van der Waals surface area contributed by atoms with E-state index in [4.69, 9.17) is 9.47 Å². The summed E-state index contributed by atoms with van der Waals surface area (Å²) in [5, 5.41) is 15.5. The van der Waals surface area contributed by atoms with Crippen molar-refractivity contribution in [1.29, 1.82) is 0 Å². The molecule has 0 radical (unpaired) electrons. The van der Waals surface area contributed by atoms with Gasteiger partial charge in [-0.15, -0.1) is 0 Å². The zero-order valence-corrected chi connectivity index (χ0v) is 17.0. The van der Waals surface area contributed by atoms with Crippen molar-refractivity contribution >= 4 is 28.0 Å². The Morgan fingerprint density at radius 1 is 1.17 bits per heavy atom. The van der Waals surface area contributed by atoms with Crippen LogP contribution in [0, 0.1) is 10.1 Å². The maximum atomic E-state index is 11.4. The molecule has 1 unspecified atom stereocenters. The van der Waals surface area contributed by atoms with Gasteiger partial charge in [-0.05, 0) is 31.0 Å². The molecular weight excluding hydrogens is 384 g/mol. The number of nitrogens with one attached hydrogen (secondary N) is 1. The standard InChI is InChI=1S/C22H24N4O4/c1-29-17-11-16(12-18(13-17)30-2)24-15-5-4-10-25(14-15)21-8-7-20(26(27)28)19-6-3-9-23-22(19)21/h3,6-9,11-13,15,24H,4-5,10,14H2,1-2H3. The first-order chi connectivity index (χ1) is 14.6. The predicted molar refractivity (Wildman–Crippen MR) is 117 cm³/mol. The summed E-state index contributed by atoms with van der Waals surface area (Å²) in [5.41, 5.74) is 2.60. The summed E-state index contributed by atoms with van der Waals surface area (Å²) >= 11 is 0. The van der Waals surface area contributed by atoms with Gasteiger partial charge in [-0.25, -0.2) is 0 Å². The van der Waals surface area contributed by atoms with E-state index in [1.807, 2.05) is 24.3 Å². The second kappa shape index (κ2) is 8.44. The minimum Gasteiger partial charge on any atom is -0.497 e. The number of pyridine rings is 1. The van der Waals surface area contributed by atoms with Gasteiger partial charge in [-0.1, -0.05) is 0 Å². The predicted octanol–water partition coefficient (Wildman–Crippen LogP) is 4.24. The summed E-state index contributed by atoms with van der Waals surface area (Å²) in [6.45, 7) is 1.64. The van der Waals surface area contributed by atoms with Crippen LogP contribution in [0.5, 0.6) is 11.5 Å². The molecule has 1 atom stereocenters. The number of piperidine rings is 1. The molecule has 3 aromatic rings. The van der Waals surface area contributed by atoms with E-state index in [0.29, 0.717) is 10.9 Å². The van der Waals surface area contributed by atoms with Crippen molar-refractivity contribution in [1.82, 2.24) is 4.98 Å². The number of benzene rings is 2. The average Bonchev–Trinajstić information content (AvgIpc) is 2.78. The minimum absolute atomic E-state index is 0.0806. The zero-order valence-electron chi connectivity index (χ0n) is 17.0. The molecule has 0 amide bonds. The van der Waals surface area contributed by atoms with E-state index in [-0.39, 0.29) is 16.7 Å². The first kappa shape index (κ1) is 19.8. The van der Waals surface area contributed by atoms with Crippen LogP contribution in [-0.4, -0.2) is 43.3 Å². The first-order valence-corrected chi connectivity index (χ1v) is 9.85. The number of non-ortho nitro benzene ring substituents is 1. The number of hydrogen-bond acceptors (Lipinski definition) is 7. The molecule has 2 aromatic carbocycles. The Kier molecular flexibility index (Phi) is 5.56. The first-order valence-electron chi connectivity index (χ1n) is 9.85. The zero-order chi connectivity index (χ0) is 21.1. The molecule has 1 aliphatic heterocycles. The van der Waals surface area contributed by atoms with Crippen LogP contribution < -0.4 is 19.7 Å². The molecule has 1 aliphatic rings. The number of rotatable bonds is 6. The van der Waals surface area contributed by atoms with Gasteiger partial charge in [0.25, 0.3) is 5.69 Å². The summed E-state index contributed by atoms with van der Waals surface area (Å²) in [6.07, 6.45) is 3.70. The Hall–Kier alpha value is -3.55. The number of ether oxygens (including phenoxy) is 2. The van der Waals surface area contributed by atoms with Crippen LogP contribution in [-0.2, 0) is 0 Å². The largest absolute Gasteiger partial charge is 0.497 e. The molecule has 1 N–H and O–H groups in total. The lowest BCUT2D eigenvalue weighted by Gasteiger charge is -2.35. The summed E-state index contributed by atoms with van der Waals surface area (Å²) in [6, 6.07) is 12.8. The van der Waals surface area contributed by atoms with E-state index in [2.05, 4.69) is 15.2 Å². The highest BCUT2D eigenvalue weighted by molar-refractivity contribution is 5.97. The van der Waals surface area contributed by atoms with Gasteiger partial charge in [0.15, 0.2) is 0 Å². The molecule has 30 heavy (non-hydrogen) atoms. The van der Waals surface area contributed by atoms with Crippen LogP contribution in [0.15, 0.2) is 48.7 Å². The van der Waals surface area contributed by atoms with Gasteiger partial charge in [0.2, 0.25) is 0 Å². The number of nitro groups is 1. The van der Waals surface area contributed by atoms with Crippen molar-refractivity contribution in [3.8, 4) is 11.5 Å². The minimum atomic E-state index is -0.357. The lowest BCUT2D eigenvalue weighted by atomic mass is 10.0. The molecule has 156 valence electrons. The molecule has 1 aromatic heterocycles. The van der Waals surface area contributed by atoms with Gasteiger partial charge < -0.3 is 19.7 Å². The Balaban J connectivity index is 1.59. The summed E-state index contributed by atoms with van der Waals surface area (Å²) in [7, 11) is 3.27. The molecule has 0 spiro atoms. The van der Waals surface area contributed by atoms with Crippen molar-refractivity contribution in [3.63, 3.8) is 0 Å². The molecule has 0 aliphatic carbocycles. The number of nitro benzene ring substituents is 1. The van der Waals surface area contributed by atoms with E-state index in [0.717, 1.165) is 48.8 Å². The fraction of sp³-hybridized carbons (Fsp3) is 0.318. The maximum absolute atomic E-state index is 11.4. The van der Waals surface area contributed by atoms with Gasteiger partial charge in [-0.3, -0.25) is 15.1 Å². The number of nitrogens with zero attached hydrogens (tertiary/aromatic N) is 3. The van der Waals surface area contributed by atoms with Crippen molar-refractivity contribution < 1.29 is 14.4 Å². The van der Waals surface area contributed by atoms with Gasteiger partial charge in [0, 0.05) is 55.3 Å². The Labute approximate surface area is 174 Å². The fourth-order valence-electron chi connectivity index (χ4n) is 4.00. The number of fused-ring (bicyclic) bond motifs is 1. The van der Waals surface area contributed by atoms with E-state index < -0.39 is 0 Å². The van der Waals surface area contributed by atoms with E-state index in [1.54, 1.807) is 38.6 Å². The molecule has 2 heterocycles. The fourth-order valence-corrected chi connectivity index (χ4v) is 4.00. The lowest BCUT2D eigenvalue weighted by Crippen LogP contribution is -2.42. The Morgan fingerprint density at radius 2 is 1.93 bits per heavy atom. The molecular formula is C22H24N4O4. The number of methoxy groups -OCH3 is 2. The van der Waals surface area contributed by atoms with Crippen LogP contribution in [0.1, 0.15) is 12.8 Å². The highest BCUT2D eigenvalue weighted by atomic mass is 16.6. The number of aromatic nitrogens is 1. The van der Waals surface area contributed by atoms with E-state index >= 15 is 0 Å². The van der Waals surface area contributed by atoms with E-state index in [1.165, 1.54) is 0 Å². The SMILES string of the molecule is COc1cc(NC2CCCN(c3ccc([N+](=O)[O-])c4cccnc34)C2)cc(OC)c1. The second-order valence-electron chi connectivity index (χ2n) is 7.29. The van der Waals surface area contributed by atoms with Crippen LogP contribution in [0.2, 0.25) is 0 Å². The quantitative estimate of drug-likeness (QED) is 0.482. The Bertz CT molecular complexity index is 1050. The molecule has 4 rings (SSSR count). The van der Waals surface area contributed by atoms with Crippen LogP contribution in [0.3, 0.4) is 0 Å². The molecule has 1 fully saturated rings. The smallest absolute Gasteiger partial charge is 0.278 e. The second-order valence-corrected chi connectivity index (χ2v) is 7.29. The topological polar surface area (TPSA) is 89.8 Å². The van der Waals surface area contributed by atoms with Crippen LogP contribution in [0.4, 0.5) is 17.1 Å². The van der Waals surface area contributed by atoms with Crippen molar-refractivity contribution in [2.45, 2.75) is 18.9 Å². The van der Waals surface area contributed by atoms with Gasteiger partial charge >= 0.3 is 0 Å². The third kappa shape index (κ3) is 3.94. The van der Waals surface area contributed by atoms with Crippen LogP contribution in [0.25, 0.3) is 10.9 Å². The summed E-state index contributed by atoms with van der Waals surface area (Å²) in [4.78, 5) is 17.7. The molecule has 8 nitrogen and oxygen atoms in total. The Morgan fingerprint density at radius 3 is 2.63 bits per heavy atom. The normalized spacial score (nSPS) is 16.3. The maximum Gasteiger partial charge on any atom is 0.278 e. The van der Waals surface area contributed by atoms with Gasteiger partial charge in [0.1, 0.15) is 17.0 Å². The number of hydrogen-bond donors (Lipinski definition) is 1. The third-order valence-corrected chi connectivity index (χ3v) is 5.41. The van der Waals surface area contributed by atoms with E-state index in [9.17, 15) is 10.1 Å². The van der Waals surface area contributed by atoms with Crippen molar-refractivity contribution in [3.05, 3.63) is 58.8 Å². The molecule has 0 saturated carbocycles. The monoisotopic (exact) mass is 408 g/mol. The highest BCUT2D eigenvalue weighted by Gasteiger charge is 2.24. The van der Waals surface area contributed by atoms with Crippen molar-refractivity contribution in [2.24, 2.45) is 0 Å². The highest BCUT2D eigenvalue weighted by Crippen LogP contribution is 2.34. The molecule has 0 bridgehead atoms. The molecule has 8 heteroatoms. The van der Waals surface area contributed by atoms with Gasteiger partial charge in [0.05, 0.1) is 30.2 Å². The van der Waals surface area contributed by atoms with Gasteiger partial charge in [-0.2, -0.15) is 0 Å². The summed E-state index contributed by atoms with van der Waals surface area (Å²) < 4.78 is 10.7. The molecule has 1 saturated heterocycles. The summed E-state index contributed by atoms with van der Waals surface area (Å²) in [5.74, 6) is 1.46. The van der Waals surface area contributed by atoms with Crippen molar-refractivity contribution in [2.75, 3.05) is 37.5 Å². The average molecular weight is 408 g/mol. The lowest BCUT2D eigenvalue weighted by molar-refractivity contribution is -0.383. The third-order valence-electron chi connectivity index (χ3n) is 5.41. The van der Waals surface area contributed by atoms with Crippen LogP contribution >= 0.6 is 0 Å².